The van der Waals surface area contributed by atoms with Crippen molar-refractivity contribution < 1.29 is 9.90 Å². The van der Waals surface area contributed by atoms with Crippen molar-refractivity contribution in [3.8, 4) is 17.0 Å². The van der Waals surface area contributed by atoms with E-state index in [-0.39, 0.29) is 11.6 Å². The van der Waals surface area contributed by atoms with Crippen molar-refractivity contribution in [1.29, 1.82) is 0 Å². The van der Waals surface area contributed by atoms with Gasteiger partial charge in [-0.25, -0.2) is 0 Å². The molecule has 8 heteroatoms. The number of carbonyl (C=O) groups excluding carboxylic acids is 1. The number of carbonyl (C=O) groups is 1. The molecule has 0 saturated carbocycles. The number of aromatic hydroxyl groups is 1. The number of azo groups is 1. The van der Waals surface area contributed by atoms with Crippen LogP contribution in [0.15, 0.2) is 87.5 Å². The first kappa shape index (κ1) is 22.1. The number of nitrogens with one attached hydrogen (secondary N) is 1. The second kappa shape index (κ2) is 8.89. The molecular formula is C26H22BrN5O2. The van der Waals surface area contributed by atoms with Crippen LogP contribution < -0.4 is 0 Å². The van der Waals surface area contributed by atoms with E-state index in [0.717, 1.165) is 37.4 Å². The lowest BCUT2D eigenvalue weighted by molar-refractivity contribution is 0.0991. The molecule has 2 heterocycles. The van der Waals surface area contributed by atoms with Crippen molar-refractivity contribution in [2.24, 2.45) is 10.2 Å². The minimum atomic E-state index is -0.519. The smallest absolute Gasteiger partial charge is 0.312 e. The summed E-state index contributed by atoms with van der Waals surface area (Å²) >= 11 is 3.52. The second-order valence-electron chi connectivity index (χ2n) is 8.27. The molecule has 7 nitrogen and oxygen atoms in total. The average molecular weight is 516 g/mol. The fourth-order valence-corrected chi connectivity index (χ4v) is 4.53. The summed E-state index contributed by atoms with van der Waals surface area (Å²) in [6.07, 6.45) is 0. The number of halogens is 1. The number of aromatic amines is 1. The van der Waals surface area contributed by atoms with Gasteiger partial charge in [-0.3, -0.25) is 14.3 Å². The third kappa shape index (κ3) is 3.91. The molecule has 2 N–H and O–H groups in total. The first-order valence-electron chi connectivity index (χ1n) is 10.7. The predicted octanol–water partition coefficient (Wildman–Crippen LogP) is 6.70. The van der Waals surface area contributed by atoms with Gasteiger partial charge in [0.15, 0.2) is 5.69 Å². The number of fused-ring (bicyclic) bond motifs is 2. The Labute approximate surface area is 204 Å². The van der Waals surface area contributed by atoms with Crippen molar-refractivity contribution in [3.05, 3.63) is 83.0 Å². The lowest BCUT2D eigenvalue weighted by atomic mass is 10.0. The van der Waals surface area contributed by atoms with Crippen LogP contribution in [-0.4, -0.2) is 39.6 Å². The van der Waals surface area contributed by atoms with Gasteiger partial charge in [-0.1, -0.05) is 64.5 Å². The highest BCUT2D eigenvalue weighted by Gasteiger charge is 2.21. The van der Waals surface area contributed by atoms with Crippen LogP contribution in [0.5, 0.6) is 5.88 Å². The maximum atomic E-state index is 13.3. The molecule has 0 unspecified atom stereocenters. The van der Waals surface area contributed by atoms with Crippen molar-refractivity contribution >= 4 is 49.3 Å². The van der Waals surface area contributed by atoms with E-state index in [9.17, 15) is 9.90 Å². The molecule has 5 aromatic rings. The number of aromatic nitrogens is 2. The van der Waals surface area contributed by atoms with Gasteiger partial charge < -0.3 is 10.1 Å². The van der Waals surface area contributed by atoms with E-state index in [1.807, 2.05) is 91.8 Å². The Bertz CT molecular complexity index is 1550. The van der Waals surface area contributed by atoms with Gasteiger partial charge in [-0.15, -0.1) is 10.2 Å². The highest BCUT2D eigenvalue weighted by atomic mass is 79.9. The molecule has 0 aliphatic carbocycles. The molecule has 5 rings (SSSR count). The van der Waals surface area contributed by atoms with Gasteiger partial charge in [-0.05, 0) is 43.9 Å². The zero-order valence-electron chi connectivity index (χ0n) is 18.7. The van der Waals surface area contributed by atoms with Gasteiger partial charge in [0, 0.05) is 26.3 Å². The fourth-order valence-electron chi connectivity index (χ4n) is 4.17. The Morgan fingerprint density at radius 2 is 1.76 bits per heavy atom. The number of nitrogens with zero attached hydrogens (tertiary/aromatic N) is 4. The number of rotatable bonds is 5. The Kier molecular flexibility index (Phi) is 5.77. The zero-order valence-corrected chi connectivity index (χ0v) is 20.2. The normalized spacial score (nSPS) is 11.9. The highest BCUT2D eigenvalue weighted by molar-refractivity contribution is 9.10. The molecular weight excluding hydrogens is 494 g/mol. The molecule has 0 bridgehead atoms. The Morgan fingerprint density at radius 3 is 2.53 bits per heavy atom. The van der Waals surface area contributed by atoms with Crippen molar-refractivity contribution in [3.63, 3.8) is 0 Å². The summed E-state index contributed by atoms with van der Waals surface area (Å²) in [6, 6.07) is 23.0. The SMILES string of the molecule is CN(C)Cn1c(O)c(N=NC(=O)c2[nH]c3ccc(Br)cc3c2-c2ccccc2)c2ccccc21. The molecule has 2 aromatic heterocycles. The third-order valence-corrected chi connectivity index (χ3v) is 6.11. The van der Waals surface area contributed by atoms with Crippen LogP contribution >= 0.6 is 15.9 Å². The number of hydrogen-bond acceptors (Lipinski definition) is 4. The van der Waals surface area contributed by atoms with Crippen LogP contribution in [0.25, 0.3) is 32.9 Å². The Hall–Kier alpha value is -3.75. The molecule has 34 heavy (non-hydrogen) atoms. The van der Waals surface area contributed by atoms with E-state index in [1.165, 1.54) is 0 Å². The maximum absolute atomic E-state index is 13.3. The maximum Gasteiger partial charge on any atom is 0.312 e. The molecule has 3 aromatic carbocycles. The van der Waals surface area contributed by atoms with Gasteiger partial charge in [0.25, 0.3) is 0 Å². The molecule has 0 aliphatic heterocycles. The lowest BCUT2D eigenvalue weighted by Crippen LogP contribution is -2.16. The Morgan fingerprint density at radius 1 is 1.03 bits per heavy atom. The fraction of sp³-hybridized carbons (Fsp3) is 0.115. The first-order valence-corrected chi connectivity index (χ1v) is 11.5. The number of hydrogen-bond donors (Lipinski definition) is 2. The van der Waals surface area contributed by atoms with E-state index in [2.05, 4.69) is 31.1 Å². The van der Waals surface area contributed by atoms with Crippen LogP contribution in [-0.2, 0) is 6.67 Å². The molecule has 1 amide bonds. The standard InChI is InChI=1S/C26H22BrN5O2/c1-31(2)15-32-21-11-7-6-10-18(21)23(26(32)34)29-30-25(33)24-22(16-8-4-3-5-9-16)19-14-17(27)12-13-20(19)28-24/h3-14,28,34H,15H2,1-2H3. The van der Waals surface area contributed by atoms with Gasteiger partial charge >= 0.3 is 5.91 Å². The molecule has 0 atom stereocenters. The van der Waals surface area contributed by atoms with E-state index < -0.39 is 5.91 Å². The number of H-pyrrole nitrogens is 1. The topological polar surface area (TPSA) is 86.0 Å². The zero-order chi connectivity index (χ0) is 23.8. The van der Waals surface area contributed by atoms with Crippen molar-refractivity contribution in [1.82, 2.24) is 14.5 Å². The monoisotopic (exact) mass is 515 g/mol. The number of para-hydroxylation sites is 1. The van der Waals surface area contributed by atoms with E-state index in [1.54, 1.807) is 4.57 Å². The van der Waals surface area contributed by atoms with Crippen LogP contribution in [0, 0.1) is 0 Å². The summed E-state index contributed by atoms with van der Waals surface area (Å²) in [5.74, 6) is -0.551. The molecule has 0 aliphatic rings. The van der Waals surface area contributed by atoms with Crippen LogP contribution in [0.1, 0.15) is 10.5 Å². The highest BCUT2D eigenvalue weighted by Crippen LogP contribution is 2.39. The van der Waals surface area contributed by atoms with Gasteiger partial charge in [-0.2, -0.15) is 0 Å². The average Bonchev–Trinajstić information content (AvgIpc) is 3.33. The summed E-state index contributed by atoms with van der Waals surface area (Å²) in [5, 5.41) is 20.8. The number of benzene rings is 3. The largest absolute Gasteiger partial charge is 0.493 e. The first-order chi connectivity index (χ1) is 16.4. The summed E-state index contributed by atoms with van der Waals surface area (Å²) in [7, 11) is 3.83. The van der Waals surface area contributed by atoms with E-state index in [0.29, 0.717) is 12.4 Å². The minimum Gasteiger partial charge on any atom is -0.493 e. The molecule has 0 radical (unpaired) electrons. The third-order valence-electron chi connectivity index (χ3n) is 5.62. The minimum absolute atomic E-state index is 0.0321. The second-order valence-corrected chi connectivity index (χ2v) is 9.19. The summed E-state index contributed by atoms with van der Waals surface area (Å²) in [4.78, 5) is 18.4. The lowest BCUT2D eigenvalue weighted by Gasteiger charge is -2.12. The van der Waals surface area contributed by atoms with Crippen LogP contribution in [0.4, 0.5) is 5.69 Å². The summed E-state index contributed by atoms with van der Waals surface area (Å²) in [6.45, 7) is 0.463. The molecule has 0 saturated heterocycles. The molecule has 0 spiro atoms. The van der Waals surface area contributed by atoms with E-state index in [4.69, 9.17) is 0 Å². The summed E-state index contributed by atoms with van der Waals surface area (Å²) < 4.78 is 2.65. The van der Waals surface area contributed by atoms with E-state index >= 15 is 0 Å². The van der Waals surface area contributed by atoms with Crippen molar-refractivity contribution in [2.75, 3.05) is 14.1 Å². The quantitative estimate of drug-likeness (QED) is 0.255. The van der Waals surface area contributed by atoms with Gasteiger partial charge in [0.1, 0.15) is 5.69 Å². The van der Waals surface area contributed by atoms with Gasteiger partial charge in [0.2, 0.25) is 5.88 Å². The number of amides is 1. The van der Waals surface area contributed by atoms with Crippen LogP contribution in [0.3, 0.4) is 0 Å². The summed E-state index contributed by atoms with van der Waals surface area (Å²) in [5.41, 5.74) is 3.92. The van der Waals surface area contributed by atoms with Crippen molar-refractivity contribution in [2.45, 2.75) is 6.67 Å². The molecule has 170 valence electrons. The predicted molar refractivity (Wildman–Crippen MR) is 138 cm³/mol. The van der Waals surface area contributed by atoms with Gasteiger partial charge in [0.05, 0.1) is 12.2 Å². The van der Waals surface area contributed by atoms with Crippen LogP contribution in [0.2, 0.25) is 0 Å². The molecule has 0 fully saturated rings. The Balaban J connectivity index is 1.61.